The average molecular weight is 639 g/mol. The number of ether oxygens (including phenoxy) is 2. The van der Waals surface area contributed by atoms with Crippen LogP contribution in [-0.2, 0) is 6.54 Å². The zero-order valence-corrected chi connectivity index (χ0v) is 22.3. The van der Waals surface area contributed by atoms with Crippen LogP contribution in [0.1, 0.15) is 17.3 Å². The van der Waals surface area contributed by atoms with Crippen molar-refractivity contribution in [3.8, 4) is 22.9 Å². The smallest absolute Gasteiger partial charge is 0.335 e. The minimum absolute atomic E-state index is 0.223. The highest BCUT2D eigenvalue weighted by molar-refractivity contribution is 9.11. The minimum atomic E-state index is -0.967. The molecule has 0 unspecified atom stereocenters. The summed E-state index contributed by atoms with van der Waals surface area (Å²) in [6, 6.07) is 16.6. The van der Waals surface area contributed by atoms with Gasteiger partial charge in [0.2, 0.25) is 5.88 Å². The molecule has 33 heavy (non-hydrogen) atoms. The van der Waals surface area contributed by atoms with Crippen LogP contribution in [0.5, 0.6) is 11.6 Å². The predicted molar refractivity (Wildman–Crippen MR) is 138 cm³/mol. The Labute approximate surface area is 215 Å². The summed E-state index contributed by atoms with van der Waals surface area (Å²) >= 11 is 10.7. The number of aromatic nitrogens is 2. The van der Waals surface area contributed by atoms with Gasteiger partial charge in [-0.3, -0.25) is 0 Å². The minimum Gasteiger partial charge on any atom is -0.490 e. The van der Waals surface area contributed by atoms with Crippen LogP contribution in [0.2, 0.25) is 0 Å². The van der Waals surface area contributed by atoms with E-state index in [1.54, 1.807) is 28.9 Å². The fraction of sp³-hybridized carbons (Fsp3) is 0.167. The number of carboxylic acid groups (broad SMARTS) is 1. The van der Waals surface area contributed by atoms with Crippen LogP contribution < -0.4 is 9.47 Å². The summed E-state index contributed by atoms with van der Waals surface area (Å²) in [6.07, 6.45) is 0. The van der Waals surface area contributed by atoms with Gasteiger partial charge in [0.25, 0.3) is 0 Å². The Hall–Kier alpha value is -2.36. The summed E-state index contributed by atoms with van der Waals surface area (Å²) in [6.45, 7) is 3.23. The summed E-state index contributed by atoms with van der Waals surface area (Å²) in [5, 5.41) is 16.0. The first-order chi connectivity index (χ1) is 15.9. The first-order valence-electron chi connectivity index (χ1n) is 10.1. The van der Waals surface area contributed by atoms with E-state index >= 15 is 0 Å². The van der Waals surface area contributed by atoms with Gasteiger partial charge in [0, 0.05) is 10.0 Å². The van der Waals surface area contributed by atoms with Crippen molar-refractivity contribution in [2.24, 2.45) is 0 Å². The molecule has 1 aromatic heterocycles. The number of hydrogen-bond acceptors (Lipinski definition) is 4. The zero-order chi connectivity index (χ0) is 23.5. The number of hydrogen-bond donors (Lipinski definition) is 1. The van der Waals surface area contributed by atoms with E-state index in [9.17, 15) is 4.79 Å². The standard InChI is InChI=1S/C24H19Br3N2O4/c1-2-32-23-21(27)22(14-3-5-15(6-4-14)24(30)31)28-29(23)11-12-33-19-10-7-16-13-17(25)8-9-18(16)20(19)26/h3-10,13H,2,11-12H2,1H3,(H,30,31). The van der Waals surface area contributed by atoms with Gasteiger partial charge in [-0.1, -0.05) is 40.2 Å². The highest BCUT2D eigenvalue weighted by Gasteiger charge is 2.19. The molecule has 0 atom stereocenters. The van der Waals surface area contributed by atoms with Crippen molar-refractivity contribution in [2.75, 3.05) is 13.2 Å². The largest absolute Gasteiger partial charge is 0.490 e. The van der Waals surface area contributed by atoms with E-state index < -0.39 is 5.97 Å². The molecule has 0 aliphatic carbocycles. The fourth-order valence-corrected chi connectivity index (χ4v) is 5.02. The SMILES string of the molecule is CCOc1c(Br)c(-c2ccc(C(=O)O)cc2)nn1CCOc1ccc2cc(Br)ccc2c1Br. The number of carbonyl (C=O) groups is 1. The maximum atomic E-state index is 11.1. The molecule has 0 amide bonds. The maximum absolute atomic E-state index is 11.1. The first-order valence-corrected chi connectivity index (χ1v) is 12.5. The monoisotopic (exact) mass is 636 g/mol. The number of fused-ring (bicyclic) bond motifs is 1. The van der Waals surface area contributed by atoms with Gasteiger partial charge in [0.05, 0.1) is 23.2 Å². The molecule has 1 heterocycles. The van der Waals surface area contributed by atoms with Crippen LogP contribution in [-0.4, -0.2) is 34.1 Å². The fourth-order valence-electron chi connectivity index (χ4n) is 3.40. The Morgan fingerprint density at radius 3 is 2.45 bits per heavy atom. The van der Waals surface area contributed by atoms with Crippen molar-refractivity contribution < 1.29 is 19.4 Å². The summed E-state index contributed by atoms with van der Waals surface area (Å²) < 4.78 is 16.3. The van der Waals surface area contributed by atoms with Gasteiger partial charge >= 0.3 is 5.97 Å². The number of rotatable bonds is 8. The Kier molecular flexibility index (Phi) is 7.41. The number of benzene rings is 3. The molecule has 9 heteroatoms. The summed E-state index contributed by atoms with van der Waals surface area (Å²) in [5.41, 5.74) is 1.69. The van der Waals surface area contributed by atoms with Crippen molar-refractivity contribution in [1.82, 2.24) is 9.78 Å². The van der Waals surface area contributed by atoms with Gasteiger partial charge in [-0.2, -0.15) is 5.10 Å². The lowest BCUT2D eigenvalue weighted by Gasteiger charge is -2.12. The van der Waals surface area contributed by atoms with E-state index in [0.717, 1.165) is 31.0 Å². The van der Waals surface area contributed by atoms with Crippen LogP contribution in [0.15, 0.2) is 68.0 Å². The molecule has 0 saturated carbocycles. The van der Waals surface area contributed by atoms with Crippen molar-refractivity contribution >= 4 is 64.5 Å². The third-order valence-corrected chi connectivity index (χ3v) is 7.00. The number of halogens is 3. The van der Waals surface area contributed by atoms with E-state index in [-0.39, 0.29) is 5.56 Å². The molecule has 1 N–H and O–H groups in total. The molecule has 6 nitrogen and oxygen atoms in total. The van der Waals surface area contributed by atoms with Crippen LogP contribution in [0.25, 0.3) is 22.0 Å². The van der Waals surface area contributed by atoms with Gasteiger partial charge in [0.15, 0.2) is 0 Å². The molecule has 0 aliphatic heterocycles. The first kappa shape index (κ1) is 23.8. The maximum Gasteiger partial charge on any atom is 0.335 e. The van der Waals surface area contributed by atoms with Crippen molar-refractivity contribution in [2.45, 2.75) is 13.5 Å². The Bertz CT molecular complexity index is 1320. The summed E-state index contributed by atoms with van der Waals surface area (Å²) in [4.78, 5) is 11.1. The van der Waals surface area contributed by atoms with Crippen LogP contribution in [0, 0.1) is 0 Å². The molecule has 0 spiro atoms. The molecule has 4 rings (SSSR count). The quantitative estimate of drug-likeness (QED) is 0.222. The average Bonchev–Trinajstić information content (AvgIpc) is 3.11. The topological polar surface area (TPSA) is 73.6 Å². The van der Waals surface area contributed by atoms with E-state index in [1.165, 1.54) is 0 Å². The number of carboxylic acids is 1. The molecule has 0 fully saturated rings. The second-order valence-electron chi connectivity index (χ2n) is 7.10. The van der Waals surface area contributed by atoms with Crippen molar-refractivity contribution in [3.63, 3.8) is 0 Å². The van der Waals surface area contributed by atoms with Crippen LogP contribution >= 0.6 is 47.8 Å². The molecule has 0 radical (unpaired) electrons. The molecular weight excluding hydrogens is 620 g/mol. The number of aromatic carboxylic acids is 1. The van der Waals surface area contributed by atoms with Gasteiger partial charge in [-0.15, -0.1) is 0 Å². The van der Waals surface area contributed by atoms with Gasteiger partial charge in [0.1, 0.15) is 22.5 Å². The lowest BCUT2D eigenvalue weighted by atomic mass is 10.1. The van der Waals surface area contributed by atoms with Gasteiger partial charge in [-0.05, 0) is 79.9 Å². The molecule has 0 saturated heterocycles. The number of nitrogens with zero attached hydrogens (tertiary/aromatic N) is 2. The Morgan fingerprint density at radius 2 is 1.76 bits per heavy atom. The summed E-state index contributed by atoms with van der Waals surface area (Å²) in [5.74, 6) is 0.380. The molecule has 3 aromatic carbocycles. The van der Waals surface area contributed by atoms with Crippen LogP contribution in [0.3, 0.4) is 0 Å². The third kappa shape index (κ3) is 5.10. The molecule has 0 bridgehead atoms. The molecule has 170 valence electrons. The molecule has 4 aromatic rings. The zero-order valence-electron chi connectivity index (χ0n) is 17.5. The van der Waals surface area contributed by atoms with E-state index in [0.29, 0.717) is 35.8 Å². The highest BCUT2D eigenvalue weighted by Crippen LogP contribution is 2.37. The second-order valence-corrected chi connectivity index (χ2v) is 9.60. The third-order valence-electron chi connectivity index (χ3n) is 4.98. The lowest BCUT2D eigenvalue weighted by molar-refractivity contribution is 0.0697. The van der Waals surface area contributed by atoms with Crippen molar-refractivity contribution in [3.05, 3.63) is 73.6 Å². The predicted octanol–water partition coefficient (Wildman–Crippen LogP) is 7.17. The second kappa shape index (κ2) is 10.3. The summed E-state index contributed by atoms with van der Waals surface area (Å²) in [7, 11) is 0. The van der Waals surface area contributed by atoms with E-state index in [4.69, 9.17) is 14.6 Å². The Balaban J connectivity index is 1.55. The van der Waals surface area contributed by atoms with Crippen LogP contribution in [0.4, 0.5) is 0 Å². The van der Waals surface area contributed by atoms with E-state index in [1.807, 2.05) is 31.2 Å². The normalized spacial score (nSPS) is 11.0. The molecule has 0 aliphatic rings. The Morgan fingerprint density at radius 1 is 1.00 bits per heavy atom. The molecular formula is C24H19Br3N2O4. The van der Waals surface area contributed by atoms with Crippen molar-refractivity contribution in [1.29, 1.82) is 0 Å². The highest BCUT2D eigenvalue weighted by atomic mass is 79.9. The van der Waals surface area contributed by atoms with Gasteiger partial charge < -0.3 is 14.6 Å². The van der Waals surface area contributed by atoms with E-state index in [2.05, 4.69) is 59.0 Å². The lowest BCUT2D eigenvalue weighted by Crippen LogP contribution is -2.12. The van der Waals surface area contributed by atoms with Gasteiger partial charge in [-0.25, -0.2) is 9.48 Å².